The minimum Gasteiger partial charge on any atom is -0.481 e. The Morgan fingerprint density at radius 1 is 1.00 bits per heavy atom. The number of ether oxygens (including phenoxy) is 2. The van der Waals surface area contributed by atoms with Crippen LogP contribution in [0, 0.1) is 0 Å². The zero-order chi connectivity index (χ0) is 14.9. The van der Waals surface area contributed by atoms with E-state index < -0.39 is 14.3 Å². The van der Waals surface area contributed by atoms with Gasteiger partial charge < -0.3 is 19.0 Å². The first-order valence-electron chi connectivity index (χ1n) is 6.68. The molecule has 0 saturated carbocycles. The van der Waals surface area contributed by atoms with E-state index in [-0.39, 0.29) is 18.1 Å². The summed E-state index contributed by atoms with van der Waals surface area (Å²) in [7, 11) is -1.68. The molecule has 0 radical (unpaired) electrons. The number of carbonyl (C=O) groups is 1. The summed E-state index contributed by atoms with van der Waals surface area (Å²) in [6.07, 6.45) is 0.0362. The van der Waals surface area contributed by atoms with E-state index in [1.54, 1.807) is 0 Å². The van der Waals surface area contributed by atoms with Gasteiger partial charge in [-0.25, -0.2) is 0 Å². The Hall–Kier alpha value is -0.433. The molecule has 6 heteroatoms. The topological polar surface area (TPSA) is 65.0 Å². The highest BCUT2D eigenvalue weighted by Gasteiger charge is 2.36. The van der Waals surface area contributed by atoms with E-state index >= 15 is 0 Å². The van der Waals surface area contributed by atoms with Gasteiger partial charge in [-0.1, -0.05) is 20.8 Å². The van der Waals surface area contributed by atoms with Crippen LogP contribution in [0.2, 0.25) is 18.1 Å². The van der Waals surface area contributed by atoms with Crippen molar-refractivity contribution in [2.45, 2.75) is 45.3 Å². The first-order valence-corrected chi connectivity index (χ1v) is 9.59. The van der Waals surface area contributed by atoms with Gasteiger partial charge >= 0.3 is 5.97 Å². The number of rotatable bonds is 10. The van der Waals surface area contributed by atoms with Crippen molar-refractivity contribution in [2.75, 3.05) is 33.0 Å². The van der Waals surface area contributed by atoms with Crippen LogP contribution in [-0.4, -0.2) is 52.4 Å². The second kappa shape index (κ2) is 8.68. The summed E-state index contributed by atoms with van der Waals surface area (Å²) in [5.41, 5.74) is 0. The van der Waals surface area contributed by atoms with Gasteiger partial charge in [-0.3, -0.25) is 4.79 Å². The molecule has 0 fully saturated rings. The van der Waals surface area contributed by atoms with Gasteiger partial charge in [0, 0.05) is 0 Å². The molecule has 5 nitrogen and oxygen atoms in total. The molecule has 0 aliphatic carbocycles. The summed E-state index contributed by atoms with van der Waals surface area (Å²) >= 11 is 0. The Bertz CT molecular complexity index is 260. The second-order valence-corrected chi connectivity index (χ2v) is 10.8. The van der Waals surface area contributed by atoms with E-state index in [9.17, 15) is 4.79 Å². The molecule has 0 bridgehead atoms. The minimum atomic E-state index is -1.68. The molecular formula is C13H28O5Si. The van der Waals surface area contributed by atoms with Gasteiger partial charge in [0.2, 0.25) is 0 Å². The largest absolute Gasteiger partial charge is 0.481 e. The average molecular weight is 292 g/mol. The summed E-state index contributed by atoms with van der Waals surface area (Å²) < 4.78 is 16.4. The third-order valence-electron chi connectivity index (χ3n) is 3.33. The van der Waals surface area contributed by atoms with Crippen molar-refractivity contribution in [1.29, 1.82) is 0 Å². The van der Waals surface area contributed by atoms with Crippen LogP contribution in [0.5, 0.6) is 0 Å². The monoisotopic (exact) mass is 292 g/mol. The Balaban J connectivity index is 3.44. The standard InChI is InChI=1S/C13H28O5Si/c1-13(2,3)19(4,5)18-11-10-17-9-8-16-7-6-12(14)15/h6-11H2,1-5H3,(H,14,15). The van der Waals surface area contributed by atoms with E-state index in [1.165, 1.54) is 0 Å². The molecule has 0 saturated heterocycles. The predicted molar refractivity (Wildman–Crippen MR) is 77.0 cm³/mol. The second-order valence-electron chi connectivity index (χ2n) is 5.98. The molecule has 0 heterocycles. The molecule has 0 aliphatic heterocycles. The summed E-state index contributed by atoms with van der Waals surface area (Å²) in [5, 5.41) is 8.62. The summed E-state index contributed by atoms with van der Waals surface area (Å²) in [4.78, 5) is 10.2. The molecule has 19 heavy (non-hydrogen) atoms. The van der Waals surface area contributed by atoms with Gasteiger partial charge in [0.25, 0.3) is 0 Å². The molecule has 0 atom stereocenters. The molecule has 0 aromatic heterocycles. The van der Waals surface area contributed by atoms with Gasteiger partial charge in [0.05, 0.1) is 39.5 Å². The van der Waals surface area contributed by atoms with Crippen LogP contribution in [0.25, 0.3) is 0 Å². The summed E-state index contributed by atoms with van der Waals surface area (Å²) in [6, 6.07) is 0. The van der Waals surface area contributed by atoms with Gasteiger partial charge in [-0.05, 0) is 18.1 Å². The Labute approximate surface area is 117 Å². The van der Waals surface area contributed by atoms with Crippen LogP contribution < -0.4 is 0 Å². The number of aliphatic carboxylic acids is 1. The normalized spacial score (nSPS) is 12.7. The number of hydrogen-bond acceptors (Lipinski definition) is 4. The average Bonchev–Trinajstić information content (AvgIpc) is 2.24. The van der Waals surface area contributed by atoms with E-state index in [4.69, 9.17) is 19.0 Å². The highest BCUT2D eigenvalue weighted by atomic mass is 28.4. The number of carboxylic acid groups (broad SMARTS) is 1. The molecule has 0 aromatic rings. The van der Waals surface area contributed by atoms with Crippen LogP contribution in [0.15, 0.2) is 0 Å². The first kappa shape index (κ1) is 18.6. The maximum Gasteiger partial charge on any atom is 0.305 e. The van der Waals surface area contributed by atoms with Crippen LogP contribution in [-0.2, 0) is 18.7 Å². The molecular weight excluding hydrogens is 264 g/mol. The van der Waals surface area contributed by atoms with Crippen LogP contribution >= 0.6 is 0 Å². The highest BCUT2D eigenvalue weighted by Crippen LogP contribution is 2.36. The SMILES string of the molecule is CC(C)(C)[Si](C)(C)OCCOCCOCCC(=O)O. The van der Waals surface area contributed by atoms with E-state index in [0.29, 0.717) is 26.4 Å². The fourth-order valence-corrected chi connectivity index (χ4v) is 2.08. The Morgan fingerprint density at radius 3 is 1.95 bits per heavy atom. The zero-order valence-electron chi connectivity index (χ0n) is 12.8. The van der Waals surface area contributed by atoms with Crippen molar-refractivity contribution >= 4 is 14.3 Å². The Morgan fingerprint density at radius 2 is 1.47 bits per heavy atom. The van der Waals surface area contributed by atoms with Crippen molar-refractivity contribution in [3.63, 3.8) is 0 Å². The summed E-state index contributed by atoms with van der Waals surface area (Å²) in [6.45, 7) is 13.3. The Kier molecular flexibility index (Phi) is 8.48. The zero-order valence-corrected chi connectivity index (χ0v) is 13.8. The maximum atomic E-state index is 10.2. The first-order chi connectivity index (χ1) is 8.67. The quantitative estimate of drug-likeness (QED) is 0.495. The van der Waals surface area contributed by atoms with E-state index in [1.807, 2.05) is 0 Å². The van der Waals surface area contributed by atoms with E-state index in [2.05, 4.69) is 33.9 Å². The lowest BCUT2D eigenvalue weighted by molar-refractivity contribution is -0.138. The van der Waals surface area contributed by atoms with E-state index in [0.717, 1.165) is 0 Å². The van der Waals surface area contributed by atoms with Gasteiger partial charge in [0.15, 0.2) is 8.32 Å². The minimum absolute atomic E-state index is 0.0362. The number of carboxylic acids is 1. The van der Waals surface area contributed by atoms with Crippen LogP contribution in [0.1, 0.15) is 27.2 Å². The van der Waals surface area contributed by atoms with Crippen LogP contribution in [0.4, 0.5) is 0 Å². The molecule has 0 rings (SSSR count). The predicted octanol–water partition coefficient (Wildman–Crippen LogP) is 2.52. The fraction of sp³-hybridized carbons (Fsp3) is 0.923. The van der Waals surface area contributed by atoms with Crippen molar-refractivity contribution < 1.29 is 23.8 Å². The lowest BCUT2D eigenvalue weighted by atomic mass is 10.2. The molecule has 0 spiro atoms. The smallest absolute Gasteiger partial charge is 0.305 e. The van der Waals surface area contributed by atoms with Crippen molar-refractivity contribution in [3.05, 3.63) is 0 Å². The molecule has 0 amide bonds. The number of hydrogen-bond donors (Lipinski definition) is 1. The highest BCUT2D eigenvalue weighted by molar-refractivity contribution is 6.74. The lowest BCUT2D eigenvalue weighted by Gasteiger charge is -2.36. The van der Waals surface area contributed by atoms with Crippen molar-refractivity contribution in [1.82, 2.24) is 0 Å². The van der Waals surface area contributed by atoms with Crippen molar-refractivity contribution in [2.24, 2.45) is 0 Å². The van der Waals surface area contributed by atoms with Gasteiger partial charge in [0.1, 0.15) is 0 Å². The molecule has 1 N–H and O–H groups in total. The summed E-state index contributed by atoms with van der Waals surface area (Å²) in [5.74, 6) is -0.844. The third kappa shape index (κ3) is 9.15. The van der Waals surface area contributed by atoms with Crippen LogP contribution in [0.3, 0.4) is 0 Å². The van der Waals surface area contributed by atoms with Gasteiger partial charge in [-0.2, -0.15) is 0 Å². The molecule has 114 valence electrons. The molecule has 0 aliphatic rings. The lowest BCUT2D eigenvalue weighted by Crippen LogP contribution is -2.41. The third-order valence-corrected chi connectivity index (χ3v) is 7.87. The maximum absolute atomic E-state index is 10.2. The molecule has 0 aromatic carbocycles. The fourth-order valence-electron chi connectivity index (χ4n) is 1.05. The van der Waals surface area contributed by atoms with Crippen molar-refractivity contribution in [3.8, 4) is 0 Å². The molecule has 0 unspecified atom stereocenters. The van der Waals surface area contributed by atoms with Gasteiger partial charge in [-0.15, -0.1) is 0 Å².